The highest BCUT2D eigenvalue weighted by molar-refractivity contribution is 7.08. The molecule has 6 nitrogen and oxygen atoms in total. The fraction of sp³-hybridized carbons (Fsp3) is 0.111. The van der Waals surface area contributed by atoms with E-state index in [9.17, 15) is 14.3 Å². The smallest absolute Gasteiger partial charge is 0.352 e. The van der Waals surface area contributed by atoms with Crippen molar-refractivity contribution in [2.24, 2.45) is 0 Å². The quantitative estimate of drug-likeness (QED) is 0.205. The molecule has 0 amide bonds. The molecule has 5 aromatic heterocycles. The molecule has 0 saturated heterocycles. The first-order valence-corrected chi connectivity index (χ1v) is 12.1. The normalized spacial score (nSPS) is 11.8. The van der Waals surface area contributed by atoms with Gasteiger partial charge in [-0.05, 0) is 58.8 Å². The van der Waals surface area contributed by atoms with Gasteiger partial charge >= 0.3 is 5.97 Å². The van der Waals surface area contributed by atoms with E-state index in [0.29, 0.717) is 28.0 Å². The summed E-state index contributed by atoms with van der Waals surface area (Å²) >= 11 is 1.61. The van der Waals surface area contributed by atoms with E-state index >= 15 is 0 Å². The van der Waals surface area contributed by atoms with Gasteiger partial charge in [0.2, 0.25) is 0 Å². The van der Waals surface area contributed by atoms with Gasteiger partial charge in [0.05, 0.1) is 5.69 Å². The number of nitrogens with one attached hydrogen (secondary N) is 3. The summed E-state index contributed by atoms with van der Waals surface area (Å²) in [5, 5.41) is 15.9. The van der Waals surface area contributed by atoms with E-state index in [0.717, 1.165) is 33.2 Å². The highest BCUT2D eigenvalue weighted by atomic mass is 32.1. The van der Waals surface area contributed by atoms with E-state index < -0.39 is 11.8 Å². The number of aromatic amines is 3. The van der Waals surface area contributed by atoms with Crippen LogP contribution < -0.4 is 0 Å². The van der Waals surface area contributed by atoms with Gasteiger partial charge in [-0.25, -0.2) is 14.2 Å². The lowest BCUT2D eigenvalue weighted by molar-refractivity contribution is 0.0692. The molecule has 8 heteroatoms. The Kier molecular flexibility index (Phi) is 4.86. The average Bonchev–Trinajstić information content (AvgIpc) is 3.62. The van der Waals surface area contributed by atoms with Gasteiger partial charge in [-0.15, -0.1) is 0 Å². The van der Waals surface area contributed by atoms with E-state index in [4.69, 9.17) is 0 Å². The van der Waals surface area contributed by atoms with Gasteiger partial charge < -0.3 is 20.1 Å². The molecule has 0 atom stereocenters. The summed E-state index contributed by atoms with van der Waals surface area (Å²) in [4.78, 5) is 26.5. The van der Waals surface area contributed by atoms with Crippen LogP contribution in [0.4, 0.5) is 4.39 Å². The zero-order valence-corrected chi connectivity index (χ0v) is 19.8. The van der Waals surface area contributed by atoms with Gasteiger partial charge in [0.15, 0.2) is 0 Å². The van der Waals surface area contributed by atoms with Crippen LogP contribution in [0.15, 0.2) is 59.6 Å². The zero-order valence-electron chi connectivity index (χ0n) is 18.9. The molecule has 0 aliphatic heterocycles. The Hall–Kier alpha value is -4.17. The molecule has 0 radical (unpaired) electrons. The first kappa shape index (κ1) is 21.4. The van der Waals surface area contributed by atoms with Crippen molar-refractivity contribution >= 4 is 39.2 Å². The van der Waals surface area contributed by atoms with E-state index in [1.165, 1.54) is 12.1 Å². The predicted molar refractivity (Wildman–Crippen MR) is 137 cm³/mol. The number of rotatable bonds is 5. The number of thiophene rings is 1. The Morgan fingerprint density at radius 1 is 1.09 bits per heavy atom. The van der Waals surface area contributed by atoms with Crippen LogP contribution in [0.25, 0.3) is 55.6 Å². The number of carbonyl (C=O) groups is 1. The number of carboxylic acids is 1. The molecule has 0 bridgehead atoms. The summed E-state index contributed by atoms with van der Waals surface area (Å²) in [6, 6.07) is 10.6. The van der Waals surface area contributed by atoms with Crippen LogP contribution in [0.5, 0.6) is 0 Å². The zero-order chi connectivity index (χ0) is 24.3. The van der Waals surface area contributed by atoms with Gasteiger partial charge in [0.1, 0.15) is 17.2 Å². The molecular weight excluding hydrogens is 463 g/mol. The summed E-state index contributed by atoms with van der Waals surface area (Å²) in [6.07, 6.45) is 3.43. The standard InChI is InChI=1S/C27H21FN4O2S/c1-13(2)22-23(17-4-7-30-26-19(17)11-20(31-26)14-5-8-35-12-14)25(27(33)34)32-24(22)18-9-15(28)10-21-16(18)3-6-29-21/h3-13,29,32H,1-2H3,(H,30,31)(H,33,34). The number of aromatic carboxylic acids is 1. The van der Waals surface area contributed by atoms with Gasteiger partial charge in [0, 0.05) is 56.4 Å². The molecule has 35 heavy (non-hydrogen) atoms. The van der Waals surface area contributed by atoms with Crippen molar-refractivity contribution in [1.29, 1.82) is 0 Å². The van der Waals surface area contributed by atoms with Crippen molar-refractivity contribution < 1.29 is 14.3 Å². The number of pyridine rings is 1. The number of H-pyrrole nitrogens is 3. The van der Waals surface area contributed by atoms with E-state index in [-0.39, 0.29) is 11.6 Å². The van der Waals surface area contributed by atoms with Crippen molar-refractivity contribution in [3.05, 3.63) is 76.6 Å². The first-order valence-electron chi connectivity index (χ1n) is 11.2. The molecule has 0 aliphatic carbocycles. The summed E-state index contributed by atoms with van der Waals surface area (Å²) in [7, 11) is 0. The Balaban J connectivity index is 1.68. The van der Waals surface area contributed by atoms with Crippen LogP contribution >= 0.6 is 11.3 Å². The number of nitrogens with zero attached hydrogens (tertiary/aromatic N) is 1. The maximum atomic E-state index is 14.6. The molecule has 0 spiro atoms. The van der Waals surface area contributed by atoms with Crippen LogP contribution in [0.1, 0.15) is 35.8 Å². The average molecular weight is 485 g/mol. The third-order valence-corrected chi connectivity index (χ3v) is 7.05. The molecule has 0 aliphatic rings. The lowest BCUT2D eigenvalue weighted by Crippen LogP contribution is -2.00. The number of hydrogen-bond acceptors (Lipinski definition) is 3. The maximum absolute atomic E-state index is 14.6. The minimum Gasteiger partial charge on any atom is -0.477 e. The Labute approximate surface area is 203 Å². The number of fused-ring (bicyclic) bond motifs is 2. The third-order valence-electron chi connectivity index (χ3n) is 6.37. The van der Waals surface area contributed by atoms with Crippen molar-refractivity contribution in [1.82, 2.24) is 19.9 Å². The summed E-state index contributed by atoms with van der Waals surface area (Å²) in [5.41, 5.74) is 6.77. The number of carboxylic acid groups (broad SMARTS) is 1. The highest BCUT2D eigenvalue weighted by Crippen LogP contribution is 2.44. The van der Waals surface area contributed by atoms with E-state index in [1.54, 1.807) is 23.7 Å². The summed E-state index contributed by atoms with van der Waals surface area (Å²) in [6.45, 7) is 4.03. The van der Waals surface area contributed by atoms with E-state index in [1.807, 2.05) is 48.9 Å². The molecule has 4 N–H and O–H groups in total. The van der Waals surface area contributed by atoms with Gasteiger partial charge in [-0.3, -0.25) is 0 Å². The molecule has 174 valence electrons. The second-order valence-electron chi connectivity index (χ2n) is 8.83. The van der Waals surface area contributed by atoms with Crippen LogP contribution in [0, 0.1) is 5.82 Å². The highest BCUT2D eigenvalue weighted by Gasteiger charge is 2.28. The molecule has 6 rings (SSSR count). The second kappa shape index (κ2) is 7.95. The van der Waals surface area contributed by atoms with Crippen molar-refractivity contribution in [2.75, 3.05) is 0 Å². The van der Waals surface area contributed by atoms with Crippen LogP contribution in [0.3, 0.4) is 0 Å². The third kappa shape index (κ3) is 3.37. The predicted octanol–water partition coefficient (Wildman–Crippen LogP) is 7.40. The van der Waals surface area contributed by atoms with Crippen molar-refractivity contribution in [2.45, 2.75) is 19.8 Å². The minimum absolute atomic E-state index is 0.0416. The second-order valence-corrected chi connectivity index (χ2v) is 9.61. The van der Waals surface area contributed by atoms with Crippen molar-refractivity contribution in [3.8, 4) is 33.6 Å². The minimum atomic E-state index is -1.08. The Morgan fingerprint density at radius 3 is 2.69 bits per heavy atom. The van der Waals surface area contributed by atoms with Gasteiger partial charge in [-0.1, -0.05) is 13.8 Å². The molecular formula is C27H21FN4O2S. The Bertz CT molecular complexity index is 1720. The first-order chi connectivity index (χ1) is 16.9. The molecule has 1 aromatic carbocycles. The van der Waals surface area contributed by atoms with Crippen LogP contribution in [-0.2, 0) is 0 Å². The molecule has 0 fully saturated rings. The monoisotopic (exact) mass is 484 g/mol. The summed E-state index contributed by atoms with van der Waals surface area (Å²) in [5.74, 6) is -1.51. The molecule has 0 saturated carbocycles. The Morgan fingerprint density at radius 2 is 1.94 bits per heavy atom. The fourth-order valence-corrected chi connectivity index (χ4v) is 5.56. The van der Waals surface area contributed by atoms with Gasteiger partial charge in [-0.2, -0.15) is 11.3 Å². The van der Waals surface area contributed by atoms with Gasteiger partial charge in [0.25, 0.3) is 0 Å². The topological polar surface area (TPSA) is 97.6 Å². The fourth-order valence-electron chi connectivity index (χ4n) is 4.90. The van der Waals surface area contributed by atoms with E-state index in [2.05, 4.69) is 19.9 Å². The largest absolute Gasteiger partial charge is 0.477 e. The summed E-state index contributed by atoms with van der Waals surface area (Å²) < 4.78 is 14.6. The number of aromatic nitrogens is 4. The number of hydrogen-bond donors (Lipinski definition) is 4. The molecule has 5 heterocycles. The number of halogens is 1. The lowest BCUT2D eigenvalue weighted by atomic mass is 9.89. The van der Waals surface area contributed by atoms with Crippen LogP contribution in [-0.4, -0.2) is 31.0 Å². The maximum Gasteiger partial charge on any atom is 0.352 e. The molecule has 0 unspecified atom stereocenters. The number of benzene rings is 1. The lowest BCUT2D eigenvalue weighted by Gasteiger charge is -2.13. The van der Waals surface area contributed by atoms with Crippen molar-refractivity contribution in [3.63, 3.8) is 0 Å². The SMILES string of the molecule is CC(C)c1c(-c2cc(F)cc3[nH]ccc23)[nH]c(C(=O)O)c1-c1ccnc2[nH]c(-c3ccsc3)cc12. The molecule has 6 aromatic rings. The van der Waals surface area contributed by atoms with Crippen LogP contribution in [0.2, 0.25) is 0 Å².